The maximum atomic E-state index is 11.5. The number of hydrogen-bond donors (Lipinski definition) is 0. The van der Waals surface area contributed by atoms with E-state index in [0.29, 0.717) is 11.7 Å². The molecular weight excluding hydrogens is 176 g/mol. The van der Waals surface area contributed by atoms with E-state index < -0.39 is 0 Å². The van der Waals surface area contributed by atoms with E-state index in [4.69, 9.17) is 4.74 Å². The third kappa shape index (κ3) is 1.95. The third-order valence-electron chi connectivity index (χ3n) is 2.35. The van der Waals surface area contributed by atoms with Gasteiger partial charge in [0, 0.05) is 0 Å². The predicted octanol–water partition coefficient (Wildman–Crippen LogP) is 2.49. The molecule has 1 aromatic rings. The molecule has 0 aliphatic carbocycles. The van der Waals surface area contributed by atoms with Crippen molar-refractivity contribution >= 4 is 0 Å². The molecule has 1 rings (SSSR count). The topological polar surface area (TPSA) is 26.3 Å². The van der Waals surface area contributed by atoms with Crippen LogP contribution in [0, 0.1) is 6.92 Å². The Morgan fingerprint density at radius 1 is 1.29 bits per heavy atom. The van der Waals surface area contributed by atoms with Gasteiger partial charge in [0.2, 0.25) is 5.43 Å². The number of rotatable bonds is 2. The Kier molecular flexibility index (Phi) is 3.28. The van der Waals surface area contributed by atoms with Crippen LogP contribution in [0.1, 0.15) is 30.9 Å². The maximum Gasteiger partial charge on any atom is 0.220 e. The molecule has 0 bridgehead atoms. The summed E-state index contributed by atoms with van der Waals surface area (Å²) in [6, 6.07) is 5.30. The summed E-state index contributed by atoms with van der Waals surface area (Å²) in [5.74, 6) is 0.856. The van der Waals surface area contributed by atoms with E-state index in [1.54, 1.807) is 6.07 Å². The van der Waals surface area contributed by atoms with Crippen LogP contribution in [-0.2, 0) is 0 Å². The van der Waals surface area contributed by atoms with E-state index in [2.05, 4.69) is 13.8 Å². The highest BCUT2D eigenvalue weighted by atomic mass is 16.5. The smallest absolute Gasteiger partial charge is 0.220 e. The lowest BCUT2D eigenvalue weighted by Crippen LogP contribution is -2.03. The molecular formula is C12H16O2. The molecule has 2 heteroatoms. The lowest BCUT2D eigenvalue weighted by atomic mass is 10.0. The highest BCUT2D eigenvalue weighted by molar-refractivity contribution is 5.39. The van der Waals surface area contributed by atoms with Gasteiger partial charge in [-0.15, -0.1) is 0 Å². The summed E-state index contributed by atoms with van der Waals surface area (Å²) in [6.45, 7) is 6.13. The molecule has 0 atom stereocenters. The fourth-order valence-electron chi connectivity index (χ4n) is 1.63. The Balaban J connectivity index is 3.52. The van der Waals surface area contributed by atoms with Crippen molar-refractivity contribution in [2.45, 2.75) is 26.7 Å². The average Bonchev–Trinajstić information content (AvgIpc) is 2.25. The van der Waals surface area contributed by atoms with E-state index in [-0.39, 0.29) is 5.43 Å². The van der Waals surface area contributed by atoms with E-state index in [0.717, 1.165) is 11.1 Å². The first-order chi connectivity index (χ1) is 6.57. The SMILES string of the molecule is COc1c(C)c(C(C)C)cccc1=O. The van der Waals surface area contributed by atoms with Crippen molar-refractivity contribution in [2.75, 3.05) is 7.11 Å². The molecule has 2 nitrogen and oxygen atoms in total. The molecule has 76 valence electrons. The molecule has 0 spiro atoms. The number of ether oxygens (including phenoxy) is 1. The fraction of sp³-hybridized carbons (Fsp3) is 0.417. The molecule has 0 N–H and O–H groups in total. The van der Waals surface area contributed by atoms with Crippen LogP contribution in [0.25, 0.3) is 0 Å². The van der Waals surface area contributed by atoms with Gasteiger partial charge in [-0.25, -0.2) is 0 Å². The largest absolute Gasteiger partial charge is 0.492 e. The van der Waals surface area contributed by atoms with Gasteiger partial charge in [0.15, 0.2) is 5.75 Å². The Morgan fingerprint density at radius 3 is 2.43 bits per heavy atom. The average molecular weight is 192 g/mol. The molecule has 0 heterocycles. The summed E-state index contributed by atoms with van der Waals surface area (Å²) >= 11 is 0. The highest BCUT2D eigenvalue weighted by Crippen LogP contribution is 2.22. The van der Waals surface area contributed by atoms with Gasteiger partial charge < -0.3 is 4.74 Å². The number of methoxy groups -OCH3 is 1. The summed E-state index contributed by atoms with van der Waals surface area (Å²) in [4.78, 5) is 11.5. The first kappa shape index (κ1) is 10.8. The van der Waals surface area contributed by atoms with Gasteiger partial charge in [0.05, 0.1) is 7.11 Å². The molecule has 0 saturated heterocycles. The van der Waals surface area contributed by atoms with Crippen LogP contribution in [0.15, 0.2) is 23.0 Å². The van der Waals surface area contributed by atoms with Crippen molar-refractivity contribution in [3.63, 3.8) is 0 Å². The van der Waals surface area contributed by atoms with Gasteiger partial charge in [0.25, 0.3) is 0 Å². The van der Waals surface area contributed by atoms with Gasteiger partial charge >= 0.3 is 0 Å². The Bertz CT molecular complexity index is 381. The normalized spacial score (nSPS) is 10.4. The summed E-state index contributed by atoms with van der Waals surface area (Å²) in [5.41, 5.74) is 2.04. The molecule has 0 aliphatic rings. The molecule has 0 aromatic heterocycles. The summed E-state index contributed by atoms with van der Waals surface area (Å²) in [7, 11) is 1.54. The van der Waals surface area contributed by atoms with E-state index >= 15 is 0 Å². The van der Waals surface area contributed by atoms with Gasteiger partial charge in [-0.05, 0) is 30.0 Å². The molecule has 1 aromatic carbocycles. The van der Waals surface area contributed by atoms with Crippen LogP contribution >= 0.6 is 0 Å². The first-order valence-corrected chi connectivity index (χ1v) is 4.75. The molecule has 0 radical (unpaired) electrons. The van der Waals surface area contributed by atoms with Crippen LogP contribution in [-0.4, -0.2) is 7.11 Å². The lowest BCUT2D eigenvalue weighted by Gasteiger charge is -2.08. The van der Waals surface area contributed by atoms with Crippen LogP contribution in [0.4, 0.5) is 0 Å². The zero-order chi connectivity index (χ0) is 10.7. The molecule has 0 saturated carbocycles. The Hall–Kier alpha value is -1.31. The third-order valence-corrected chi connectivity index (χ3v) is 2.35. The molecule has 14 heavy (non-hydrogen) atoms. The van der Waals surface area contributed by atoms with E-state index in [1.165, 1.54) is 13.2 Å². The second-order valence-electron chi connectivity index (χ2n) is 3.66. The van der Waals surface area contributed by atoms with Gasteiger partial charge in [-0.2, -0.15) is 0 Å². The monoisotopic (exact) mass is 192 g/mol. The summed E-state index contributed by atoms with van der Waals surface area (Å²) in [6.07, 6.45) is 0. The lowest BCUT2D eigenvalue weighted by molar-refractivity contribution is 0.407. The minimum Gasteiger partial charge on any atom is -0.492 e. The second-order valence-corrected chi connectivity index (χ2v) is 3.66. The van der Waals surface area contributed by atoms with Gasteiger partial charge in [-0.1, -0.05) is 26.0 Å². The van der Waals surface area contributed by atoms with Crippen molar-refractivity contribution in [1.82, 2.24) is 0 Å². The van der Waals surface area contributed by atoms with Crippen LogP contribution in [0.3, 0.4) is 0 Å². The fourth-order valence-corrected chi connectivity index (χ4v) is 1.63. The zero-order valence-electron chi connectivity index (χ0n) is 9.13. The summed E-state index contributed by atoms with van der Waals surface area (Å²) in [5, 5.41) is 0. The van der Waals surface area contributed by atoms with Crippen molar-refractivity contribution in [2.24, 2.45) is 0 Å². The summed E-state index contributed by atoms with van der Waals surface area (Å²) < 4.78 is 5.11. The van der Waals surface area contributed by atoms with Crippen molar-refractivity contribution in [3.8, 4) is 5.75 Å². The maximum absolute atomic E-state index is 11.5. The molecule has 0 amide bonds. The molecule has 0 unspecified atom stereocenters. The minimum atomic E-state index is -0.0584. The highest BCUT2D eigenvalue weighted by Gasteiger charge is 2.08. The van der Waals surface area contributed by atoms with Crippen molar-refractivity contribution in [3.05, 3.63) is 39.5 Å². The van der Waals surface area contributed by atoms with Gasteiger partial charge in [-0.3, -0.25) is 4.79 Å². The number of hydrogen-bond acceptors (Lipinski definition) is 2. The van der Waals surface area contributed by atoms with Crippen LogP contribution in [0.5, 0.6) is 5.75 Å². The van der Waals surface area contributed by atoms with E-state index in [1.807, 2.05) is 13.0 Å². The minimum absolute atomic E-state index is 0.0584. The Labute approximate surface area is 84.5 Å². The zero-order valence-corrected chi connectivity index (χ0v) is 9.13. The van der Waals surface area contributed by atoms with Crippen LogP contribution in [0.2, 0.25) is 0 Å². The van der Waals surface area contributed by atoms with Crippen molar-refractivity contribution in [1.29, 1.82) is 0 Å². The second kappa shape index (κ2) is 4.27. The van der Waals surface area contributed by atoms with Crippen LogP contribution < -0.4 is 10.2 Å². The molecule has 0 fully saturated rings. The van der Waals surface area contributed by atoms with E-state index in [9.17, 15) is 4.79 Å². The first-order valence-electron chi connectivity index (χ1n) is 4.75. The van der Waals surface area contributed by atoms with Gasteiger partial charge in [0.1, 0.15) is 0 Å². The quantitative estimate of drug-likeness (QED) is 0.719. The molecule has 0 aliphatic heterocycles. The standard InChI is InChI=1S/C12H16O2/c1-8(2)10-6-5-7-11(13)12(14-4)9(10)3/h5-8H,1-4H3. The predicted molar refractivity (Wildman–Crippen MR) is 58.1 cm³/mol. The Morgan fingerprint density at radius 2 is 1.93 bits per heavy atom. The van der Waals surface area contributed by atoms with Crippen molar-refractivity contribution < 1.29 is 4.74 Å².